The average Bonchev–Trinajstić information content (AvgIpc) is 3.42. The lowest BCUT2D eigenvalue weighted by Gasteiger charge is -2.34. The van der Waals surface area contributed by atoms with E-state index < -0.39 is 23.1 Å². The van der Waals surface area contributed by atoms with Gasteiger partial charge >= 0.3 is 0 Å². The van der Waals surface area contributed by atoms with E-state index in [0.29, 0.717) is 18.9 Å². The molecule has 14 heteroatoms. The molecule has 1 aromatic carbocycles. The molecule has 194 valence electrons. The molecular formula is C23H23F2N7O4S. The third-order valence-electron chi connectivity index (χ3n) is 6.35. The van der Waals surface area contributed by atoms with Crippen molar-refractivity contribution < 1.29 is 27.6 Å². The van der Waals surface area contributed by atoms with Crippen molar-refractivity contribution in [1.82, 2.24) is 20.1 Å². The summed E-state index contributed by atoms with van der Waals surface area (Å²) < 4.78 is 45.1. The van der Waals surface area contributed by atoms with Gasteiger partial charge in [-0.3, -0.25) is 9.79 Å². The minimum Gasteiger partial charge on any atom is -0.466 e. The predicted molar refractivity (Wildman–Crippen MR) is 129 cm³/mol. The van der Waals surface area contributed by atoms with Crippen molar-refractivity contribution in [3.05, 3.63) is 59.1 Å². The van der Waals surface area contributed by atoms with E-state index in [1.807, 2.05) is 0 Å². The number of ether oxygens (including phenoxy) is 2. The van der Waals surface area contributed by atoms with E-state index in [4.69, 9.17) is 19.7 Å². The Labute approximate surface area is 214 Å². The fourth-order valence-corrected chi connectivity index (χ4v) is 6.05. The van der Waals surface area contributed by atoms with E-state index in [1.165, 1.54) is 30.2 Å². The van der Waals surface area contributed by atoms with Gasteiger partial charge in [0, 0.05) is 30.3 Å². The van der Waals surface area contributed by atoms with E-state index in [9.17, 15) is 9.18 Å². The highest BCUT2D eigenvalue weighted by Gasteiger charge is 2.66. The molecule has 11 nitrogen and oxygen atoms in total. The summed E-state index contributed by atoms with van der Waals surface area (Å²) in [7, 11) is 1.58. The van der Waals surface area contributed by atoms with E-state index in [1.54, 1.807) is 21.0 Å². The number of aromatic nitrogens is 4. The molecule has 0 bridgehead atoms. The van der Waals surface area contributed by atoms with Gasteiger partial charge in [0.25, 0.3) is 11.8 Å². The van der Waals surface area contributed by atoms with Gasteiger partial charge in [-0.1, -0.05) is 16.9 Å². The van der Waals surface area contributed by atoms with Crippen LogP contribution in [0.15, 0.2) is 34.0 Å². The molecule has 3 atom stereocenters. The molecule has 1 unspecified atom stereocenters. The molecule has 0 spiro atoms. The predicted octanol–water partition coefficient (Wildman–Crippen LogP) is 2.96. The summed E-state index contributed by atoms with van der Waals surface area (Å²) in [5.41, 5.74) is 4.92. The number of amides is 1. The van der Waals surface area contributed by atoms with E-state index >= 15 is 4.39 Å². The minimum atomic E-state index is -1.13. The van der Waals surface area contributed by atoms with Crippen LogP contribution in [0.5, 0.6) is 5.88 Å². The first kappa shape index (κ1) is 25.0. The number of amidine groups is 1. The van der Waals surface area contributed by atoms with Crippen LogP contribution in [0.2, 0.25) is 0 Å². The zero-order chi connectivity index (χ0) is 26.4. The minimum absolute atomic E-state index is 0.000113. The maximum Gasteiger partial charge on any atom is 0.275 e. The second-order valence-corrected chi connectivity index (χ2v) is 10.4. The number of halogens is 2. The number of hydrogen-bond acceptors (Lipinski definition) is 11. The summed E-state index contributed by atoms with van der Waals surface area (Å²) in [5, 5.41) is 6.47. The Hall–Kier alpha value is -3.65. The summed E-state index contributed by atoms with van der Waals surface area (Å²) in [6.07, 6.45) is 3.12. The number of aliphatic imine (C=N–C) groups is 1. The standard InChI is InChI=1S/C23H23F2N7O4S/c1-11-29-18(36-32-11)9-35-17-8-27-15(7-28-17)20(33)30-12-4-13(19(25)14(24)5-12)22(2)16-6-23(16,10-34-3)37-21(26)31-22/h4-5,7-8,16H,6,9-10H2,1-3H3,(H2,26,31)(H,30,33)/t16?,22-,23-/m1/s1. The second-order valence-electron chi connectivity index (χ2n) is 8.99. The molecule has 1 saturated carbocycles. The Morgan fingerprint density at radius 1 is 1.32 bits per heavy atom. The van der Waals surface area contributed by atoms with Crippen LogP contribution in [0.3, 0.4) is 0 Å². The quantitative estimate of drug-likeness (QED) is 0.444. The number of nitrogens with zero attached hydrogens (tertiary/aromatic N) is 5. The van der Waals surface area contributed by atoms with Crippen LogP contribution in [0.25, 0.3) is 0 Å². The Morgan fingerprint density at radius 2 is 2.14 bits per heavy atom. The number of anilines is 1. The molecule has 2 aromatic heterocycles. The number of rotatable bonds is 8. The van der Waals surface area contributed by atoms with Crippen molar-refractivity contribution in [2.45, 2.75) is 37.2 Å². The van der Waals surface area contributed by atoms with Gasteiger partial charge in [-0.25, -0.2) is 18.7 Å². The van der Waals surface area contributed by atoms with Gasteiger partial charge in [-0.05, 0) is 26.3 Å². The number of hydrogen-bond donors (Lipinski definition) is 2. The maximum absolute atomic E-state index is 15.1. The van der Waals surface area contributed by atoms with Crippen molar-refractivity contribution in [3.63, 3.8) is 0 Å². The van der Waals surface area contributed by atoms with Gasteiger partial charge in [0.05, 0.1) is 29.3 Å². The van der Waals surface area contributed by atoms with E-state index in [2.05, 4.69) is 30.4 Å². The lowest BCUT2D eigenvalue weighted by atomic mass is 9.85. The molecule has 2 aliphatic rings. The highest BCUT2D eigenvalue weighted by molar-refractivity contribution is 8.15. The van der Waals surface area contributed by atoms with Gasteiger partial charge in [0.2, 0.25) is 5.88 Å². The normalized spacial score (nSPS) is 24.2. The van der Waals surface area contributed by atoms with Crippen LogP contribution in [0.1, 0.15) is 41.1 Å². The Morgan fingerprint density at radius 3 is 2.81 bits per heavy atom. The number of benzene rings is 1. The molecule has 3 aromatic rings. The second kappa shape index (κ2) is 9.34. The van der Waals surface area contributed by atoms with Crippen LogP contribution in [-0.4, -0.2) is 49.6 Å². The molecule has 1 amide bonds. The fourth-order valence-electron chi connectivity index (χ4n) is 4.60. The van der Waals surface area contributed by atoms with Gasteiger partial charge in [-0.15, -0.1) is 0 Å². The molecule has 37 heavy (non-hydrogen) atoms. The van der Waals surface area contributed by atoms with Gasteiger partial charge in [0.15, 0.2) is 29.2 Å². The molecule has 0 radical (unpaired) electrons. The van der Waals surface area contributed by atoms with Crippen molar-refractivity contribution in [2.75, 3.05) is 19.0 Å². The molecule has 1 fully saturated rings. The zero-order valence-corrected chi connectivity index (χ0v) is 20.9. The Balaban J connectivity index is 1.33. The first-order valence-electron chi connectivity index (χ1n) is 11.2. The summed E-state index contributed by atoms with van der Waals surface area (Å²) >= 11 is 1.39. The lowest BCUT2D eigenvalue weighted by molar-refractivity contribution is 0.102. The number of fused-ring (bicyclic) bond motifs is 1. The molecule has 3 N–H and O–H groups in total. The Kier molecular flexibility index (Phi) is 6.31. The third kappa shape index (κ3) is 4.73. The molecule has 1 aliphatic carbocycles. The van der Waals surface area contributed by atoms with E-state index in [-0.39, 0.29) is 51.2 Å². The van der Waals surface area contributed by atoms with Crippen molar-refractivity contribution in [3.8, 4) is 5.88 Å². The lowest BCUT2D eigenvalue weighted by Crippen LogP contribution is -2.38. The van der Waals surface area contributed by atoms with Gasteiger partial charge in [0.1, 0.15) is 5.69 Å². The number of carbonyl (C=O) groups excluding carboxylic acids is 1. The molecule has 5 rings (SSSR count). The van der Waals surface area contributed by atoms with Gasteiger partial charge in [-0.2, -0.15) is 4.98 Å². The van der Waals surface area contributed by atoms with Crippen LogP contribution >= 0.6 is 11.8 Å². The number of nitrogens with one attached hydrogen (secondary N) is 1. The summed E-state index contributed by atoms with van der Waals surface area (Å²) in [6.45, 7) is 3.77. The van der Waals surface area contributed by atoms with Crippen LogP contribution in [-0.2, 0) is 16.9 Å². The highest BCUT2D eigenvalue weighted by atomic mass is 32.2. The number of thioether (sulfide) groups is 1. The third-order valence-corrected chi connectivity index (χ3v) is 7.62. The maximum atomic E-state index is 15.1. The summed E-state index contributed by atoms with van der Waals surface area (Å²) in [6, 6.07) is 2.27. The van der Waals surface area contributed by atoms with Crippen molar-refractivity contribution >= 4 is 28.5 Å². The van der Waals surface area contributed by atoms with E-state index in [0.717, 1.165) is 6.07 Å². The largest absolute Gasteiger partial charge is 0.466 e. The topological polar surface area (TPSA) is 151 Å². The average molecular weight is 532 g/mol. The van der Waals surface area contributed by atoms with Crippen LogP contribution < -0.4 is 15.8 Å². The highest BCUT2D eigenvalue weighted by Crippen LogP contribution is 2.66. The Bertz CT molecular complexity index is 1390. The first-order chi connectivity index (χ1) is 17.6. The smallest absolute Gasteiger partial charge is 0.275 e. The fraction of sp³-hybridized carbons (Fsp3) is 0.391. The van der Waals surface area contributed by atoms with Crippen molar-refractivity contribution in [1.29, 1.82) is 0 Å². The summed E-state index contributed by atoms with van der Waals surface area (Å²) in [4.78, 5) is 29.3. The van der Waals surface area contributed by atoms with Crippen LogP contribution in [0, 0.1) is 24.5 Å². The SMILES string of the molecule is COC[C@]12CC1[C@@](C)(c1cc(NC(=O)c3cnc(OCc4nc(C)no4)cn3)cc(F)c1F)N=C(N)S2. The number of carbonyl (C=O) groups is 1. The molecule has 1 aliphatic heterocycles. The summed E-state index contributed by atoms with van der Waals surface area (Å²) in [5.74, 6) is -2.09. The van der Waals surface area contributed by atoms with Gasteiger partial charge < -0.3 is 25.0 Å². The number of aryl methyl sites for hydroxylation is 1. The number of methoxy groups -OCH3 is 1. The van der Waals surface area contributed by atoms with Crippen molar-refractivity contribution in [2.24, 2.45) is 16.6 Å². The zero-order valence-electron chi connectivity index (χ0n) is 20.1. The van der Waals surface area contributed by atoms with Crippen LogP contribution in [0.4, 0.5) is 14.5 Å². The molecule has 0 saturated heterocycles. The molecule has 3 heterocycles. The monoisotopic (exact) mass is 531 g/mol. The number of nitrogens with two attached hydrogens (primary N) is 1. The first-order valence-corrected chi connectivity index (χ1v) is 12.0. The molecular weight excluding hydrogens is 508 g/mol.